The van der Waals surface area contributed by atoms with E-state index < -0.39 is 0 Å². The minimum Gasteiger partial charge on any atom is -0.355 e. The zero-order valence-electron chi connectivity index (χ0n) is 14.3. The van der Waals surface area contributed by atoms with E-state index in [4.69, 9.17) is 5.10 Å². The van der Waals surface area contributed by atoms with E-state index >= 15 is 0 Å². The number of nitrogens with zero attached hydrogens (tertiary/aromatic N) is 7. The second-order valence-corrected chi connectivity index (χ2v) is 6.58. The van der Waals surface area contributed by atoms with Crippen molar-refractivity contribution in [2.24, 2.45) is 0 Å². The third-order valence-electron chi connectivity index (χ3n) is 5.02. The normalized spacial score (nSPS) is 15.6. The summed E-state index contributed by atoms with van der Waals surface area (Å²) in [4.78, 5) is 6.50. The third-order valence-corrected chi connectivity index (χ3v) is 5.02. The summed E-state index contributed by atoms with van der Waals surface area (Å²) < 4.78 is 4.05. The maximum absolute atomic E-state index is 4.82. The molecule has 3 aromatic heterocycles. The predicted octanol–water partition coefficient (Wildman–Crippen LogP) is 2.83. The fourth-order valence-electron chi connectivity index (χ4n) is 3.59. The smallest absolute Gasteiger partial charge is 0.185 e. The second kappa shape index (κ2) is 6.25. The summed E-state index contributed by atoms with van der Waals surface area (Å²) in [6.07, 6.45) is 7.98. The Kier molecular flexibility index (Phi) is 3.62. The lowest BCUT2D eigenvalue weighted by Gasteiger charge is -2.33. The topological polar surface area (TPSA) is 64.1 Å². The van der Waals surface area contributed by atoms with E-state index in [1.54, 1.807) is 0 Å². The van der Waals surface area contributed by atoms with E-state index in [1.807, 2.05) is 65.7 Å². The minimum atomic E-state index is 0.521. The first-order chi connectivity index (χ1) is 12.9. The molecule has 7 nitrogen and oxygen atoms in total. The highest BCUT2D eigenvalue weighted by Crippen LogP contribution is 2.26. The van der Waals surface area contributed by atoms with E-state index in [-0.39, 0.29) is 0 Å². The fourth-order valence-corrected chi connectivity index (χ4v) is 3.59. The largest absolute Gasteiger partial charge is 0.355 e. The van der Waals surface area contributed by atoms with Crippen molar-refractivity contribution in [2.45, 2.75) is 18.9 Å². The van der Waals surface area contributed by atoms with Crippen LogP contribution in [0.3, 0.4) is 0 Å². The molecule has 1 saturated heterocycles. The highest BCUT2D eigenvalue weighted by atomic mass is 15.4. The van der Waals surface area contributed by atoms with Gasteiger partial charge in [-0.25, -0.2) is 4.98 Å². The summed E-state index contributed by atoms with van der Waals surface area (Å²) in [5.41, 5.74) is 1.78. The van der Waals surface area contributed by atoms with Gasteiger partial charge in [0.2, 0.25) is 0 Å². The van der Waals surface area contributed by atoms with Crippen molar-refractivity contribution in [1.82, 2.24) is 29.4 Å². The Hall–Kier alpha value is -3.22. The molecule has 1 aliphatic rings. The molecule has 0 bridgehead atoms. The van der Waals surface area contributed by atoms with Crippen molar-refractivity contribution in [3.8, 4) is 11.4 Å². The molecule has 0 radical (unpaired) electrons. The molecule has 0 amide bonds. The first-order valence-electron chi connectivity index (χ1n) is 8.89. The van der Waals surface area contributed by atoms with Crippen molar-refractivity contribution in [1.29, 1.82) is 0 Å². The van der Waals surface area contributed by atoms with Gasteiger partial charge in [0.25, 0.3) is 0 Å². The number of aromatic nitrogens is 6. The molecule has 0 aliphatic carbocycles. The van der Waals surface area contributed by atoms with Crippen molar-refractivity contribution in [2.75, 3.05) is 18.0 Å². The third kappa shape index (κ3) is 2.61. The van der Waals surface area contributed by atoms with E-state index in [2.05, 4.69) is 24.6 Å². The van der Waals surface area contributed by atoms with Crippen LogP contribution in [0, 0.1) is 0 Å². The van der Waals surface area contributed by atoms with E-state index in [0.717, 1.165) is 48.8 Å². The van der Waals surface area contributed by atoms with Gasteiger partial charge in [0, 0.05) is 37.1 Å². The molecule has 130 valence electrons. The van der Waals surface area contributed by atoms with Crippen LogP contribution in [0.15, 0.2) is 61.2 Å². The van der Waals surface area contributed by atoms with Gasteiger partial charge in [-0.15, -0.1) is 15.3 Å². The average Bonchev–Trinajstić information content (AvgIpc) is 3.38. The van der Waals surface area contributed by atoms with E-state index in [1.165, 1.54) is 0 Å². The van der Waals surface area contributed by atoms with Gasteiger partial charge in [-0.05, 0) is 25.0 Å². The number of fused-ring (bicyclic) bond motifs is 1. The molecule has 0 spiro atoms. The van der Waals surface area contributed by atoms with E-state index in [9.17, 15) is 0 Å². The van der Waals surface area contributed by atoms with E-state index in [0.29, 0.717) is 6.04 Å². The van der Waals surface area contributed by atoms with Crippen LogP contribution in [-0.4, -0.2) is 42.5 Å². The number of hydrogen-bond acceptors (Lipinski definition) is 5. The Morgan fingerprint density at radius 3 is 2.54 bits per heavy atom. The van der Waals surface area contributed by atoms with Gasteiger partial charge in [-0.3, -0.25) is 0 Å². The van der Waals surface area contributed by atoms with Crippen LogP contribution in [0.4, 0.5) is 5.82 Å². The molecule has 4 aromatic rings. The number of piperidine rings is 1. The SMILES string of the molecule is c1ccc(-c2nnc3ccc(N4CCC(n5ccnc5)CC4)nn23)cc1. The summed E-state index contributed by atoms with van der Waals surface area (Å²) in [6, 6.07) is 14.6. The Morgan fingerprint density at radius 2 is 1.77 bits per heavy atom. The summed E-state index contributed by atoms with van der Waals surface area (Å²) >= 11 is 0. The molecule has 0 atom stereocenters. The van der Waals surface area contributed by atoms with Gasteiger partial charge in [0.15, 0.2) is 11.5 Å². The second-order valence-electron chi connectivity index (χ2n) is 6.58. The molecule has 0 unspecified atom stereocenters. The molecule has 0 saturated carbocycles. The van der Waals surface area contributed by atoms with Crippen LogP contribution in [-0.2, 0) is 0 Å². The fraction of sp³-hybridized carbons (Fsp3) is 0.263. The summed E-state index contributed by atoms with van der Waals surface area (Å²) in [7, 11) is 0. The van der Waals surface area contributed by atoms with Crippen LogP contribution in [0.2, 0.25) is 0 Å². The standard InChI is InChI=1S/C19H19N7/c1-2-4-15(5-3-1)19-22-21-17-6-7-18(23-26(17)19)24-11-8-16(9-12-24)25-13-10-20-14-25/h1-7,10,13-14,16H,8-9,11-12H2. The highest BCUT2D eigenvalue weighted by molar-refractivity contribution is 5.59. The zero-order valence-corrected chi connectivity index (χ0v) is 14.3. The molecule has 1 aromatic carbocycles. The van der Waals surface area contributed by atoms with Crippen molar-refractivity contribution in [3.63, 3.8) is 0 Å². The highest BCUT2D eigenvalue weighted by Gasteiger charge is 2.22. The Labute approximate surface area is 150 Å². The molecule has 5 rings (SSSR count). The lowest BCUT2D eigenvalue weighted by atomic mass is 10.1. The van der Waals surface area contributed by atoms with Gasteiger partial charge in [0.1, 0.15) is 5.82 Å². The first-order valence-corrected chi connectivity index (χ1v) is 8.89. The molecular weight excluding hydrogens is 326 g/mol. The van der Waals surface area contributed by atoms with Gasteiger partial charge in [-0.1, -0.05) is 30.3 Å². The number of imidazole rings is 1. The summed E-state index contributed by atoms with van der Waals surface area (Å²) in [5.74, 6) is 1.74. The van der Waals surface area contributed by atoms with Gasteiger partial charge in [-0.2, -0.15) is 4.52 Å². The molecule has 1 fully saturated rings. The Morgan fingerprint density at radius 1 is 0.923 bits per heavy atom. The monoisotopic (exact) mass is 345 g/mol. The lowest BCUT2D eigenvalue weighted by molar-refractivity contribution is 0.394. The van der Waals surface area contributed by atoms with Crippen LogP contribution < -0.4 is 4.90 Å². The maximum atomic E-state index is 4.82. The first kappa shape index (κ1) is 15.1. The molecule has 7 heteroatoms. The van der Waals surface area contributed by atoms with Gasteiger partial charge < -0.3 is 9.47 Å². The Bertz CT molecular complexity index is 999. The summed E-state index contributed by atoms with van der Waals surface area (Å²) in [6.45, 7) is 1.95. The molecule has 0 N–H and O–H groups in total. The number of hydrogen-bond donors (Lipinski definition) is 0. The number of benzene rings is 1. The number of rotatable bonds is 3. The predicted molar refractivity (Wildman–Crippen MR) is 98.9 cm³/mol. The van der Waals surface area contributed by atoms with Crippen LogP contribution in [0.25, 0.3) is 17.0 Å². The van der Waals surface area contributed by atoms with Crippen molar-refractivity contribution < 1.29 is 0 Å². The molecule has 26 heavy (non-hydrogen) atoms. The van der Waals surface area contributed by atoms with Crippen molar-refractivity contribution in [3.05, 3.63) is 61.2 Å². The molecular formula is C19H19N7. The molecule has 1 aliphatic heterocycles. The van der Waals surface area contributed by atoms with Gasteiger partial charge in [0.05, 0.1) is 6.33 Å². The quantitative estimate of drug-likeness (QED) is 0.571. The van der Waals surface area contributed by atoms with Gasteiger partial charge >= 0.3 is 0 Å². The lowest BCUT2D eigenvalue weighted by Crippen LogP contribution is -2.35. The molecule has 4 heterocycles. The van der Waals surface area contributed by atoms with Crippen LogP contribution >= 0.6 is 0 Å². The van der Waals surface area contributed by atoms with Crippen molar-refractivity contribution >= 4 is 11.5 Å². The zero-order chi connectivity index (χ0) is 17.3. The Balaban J connectivity index is 1.42. The van der Waals surface area contributed by atoms with Crippen LogP contribution in [0.5, 0.6) is 0 Å². The summed E-state index contributed by atoms with van der Waals surface area (Å²) in [5, 5.41) is 13.4. The number of anilines is 1. The minimum absolute atomic E-state index is 0.521. The average molecular weight is 345 g/mol. The van der Waals surface area contributed by atoms with Crippen LogP contribution in [0.1, 0.15) is 18.9 Å². The maximum Gasteiger partial charge on any atom is 0.185 e.